The lowest BCUT2D eigenvalue weighted by molar-refractivity contribution is 0.568. The molecule has 4 heteroatoms. The first kappa shape index (κ1) is 69.4. The summed E-state index contributed by atoms with van der Waals surface area (Å²) in [5.41, 5.74) is 34.0. The van der Waals surface area contributed by atoms with Gasteiger partial charge in [-0.2, -0.15) is 0 Å². The van der Waals surface area contributed by atoms with E-state index >= 15 is 0 Å². The fourth-order valence-corrected chi connectivity index (χ4v) is 18.3. The molecule has 16 aromatic rings. The first-order chi connectivity index (χ1) is 52.2. The molecule has 2 aliphatic rings. The van der Waals surface area contributed by atoms with E-state index in [-0.39, 0.29) is 33.0 Å². The Morgan fingerprint density at radius 2 is 0.679 bits per heavy atom. The van der Waals surface area contributed by atoms with E-state index in [0.717, 1.165) is 101 Å². The Kier molecular flexibility index (Phi) is 16.4. The molecule has 0 aliphatic carbocycles. The Morgan fingerprint density at radius 3 is 1.19 bits per heavy atom. The van der Waals surface area contributed by atoms with Crippen LogP contribution in [0.2, 0.25) is 0 Å². The number of nitrogens with zero attached hydrogens (tertiary/aromatic N) is 2. The van der Waals surface area contributed by atoms with E-state index in [0.29, 0.717) is 0 Å². The average molecular weight is 1430 g/mol. The zero-order valence-corrected chi connectivity index (χ0v) is 66.3. The molecule has 2 aliphatic heterocycles. The van der Waals surface area contributed by atoms with Gasteiger partial charge in [0.15, 0.2) is 0 Å². The summed E-state index contributed by atoms with van der Waals surface area (Å²) in [5.74, 6) is -0.275. The van der Waals surface area contributed by atoms with Crippen LogP contribution < -0.4 is 9.80 Å². The molecule has 4 heterocycles. The molecule has 0 saturated carbocycles. The standard InChI is InChI=1S/C105H94N2OS/c1-101(2,3)74-51-72(52-75(58-74)102(4,5)6)70-46-49-85-83(55-70)95-79-48-45-71(73-53-76(103(7,8)9)59-77(54-73)104(10,11)12)57-86(79)107(99-81(65-35-23-17-24-36-65)62-90-96(93(99)67-39-27-19-28-40-67)84-56-69(47-50-89(84)108-90)64-33-21-16-22-34-64)88-61-78(105(13,14)15)60-87(98(88)95)106(85)100-82(66-37-25-18-26-38-66)63-92-97(80-43-31-32-44-91(80)109-92)94(100)68-41-29-20-30-42-68/h16-63,95H,1-15H3. The Hall–Kier alpha value is -11.3. The summed E-state index contributed by atoms with van der Waals surface area (Å²) in [7, 11) is 0. The predicted molar refractivity (Wildman–Crippen MR) is 468 cm³/mol. The SMILES string of the molecule is CC(C)(C)c1cc(-c2ccc3c(c2)C2c4ccc(-c5cc(C(C)(C)C)cc(C(C)(C)C)c5)cc4N(c4c(-c5ccccc5)cc5oc6ccc(-c7ccccc7)cc6c5c4-c4ccccc4)c4cc(C(C)(C)C)cc(c42)N3c2c(-c3ccccc3)cc3sc4ccccc4c3c2-c2ccccc2)cc(C(C)(C)C)c1. The van der Waals surface area contributed by atoms with Crippen LogP contribution in [0.15, 0.2) is 296 Å². The van der Waals surface area contributed by atoms with E-state index in [1.165, 1.54) is 98.1 Å². The number of anilines is 6. The Morgan fingerprint density at radius 1 is 0.266 bits per heavy atom. The third kappa shape index (κ3) is 12.0. The molecule has 2 aromatic heterocycles. The van der Waals surface area contributed by atoms with Gasteiger partial charge < -0.3 is 14.2 Å². The maximum atomic E-state index is 7.35. The quantitative estimate of drug-likeness (QED) is 0.144. The second-order valence-electron chi connectivity index (χ2n) is 35.7. The summed E-state index contributed by atoms with van der Waals surface area (Å²) in [5, 5.41) is 4.65. The number of thiophene rings is 1. The van der Waals surface area contributed by atoms with Crippen molar-refractivity contribution in [3.05, 3.63) is 336 Å². The van der Waals surface area contributed by atoms with Crippen LogP contribution in [0, 0.1) is 0 Å². The lowest BCUT2D eigenvalue weighted by atomic mass is 9.72. The minimum Gasteiger partial charge on any atom is -0.456 e. The molecule has 0 N–H and O–H groups in total. The van der Waals surface area contributed by atoms with Crippen molar-refractivity contribution >= 4 is 87.6 Å². The van der Waals surface area contributed by atoms with Gasteiger partial charge in [-0.25, -0.2) is 0 Å². The van der Waals surface area contributed by atoms with Crippen molar-refractivity contribution < 1.29 is 4.42 Å². The minimum atomic E-state index is -0.356. The fraction of sp³-hybridized carbons (Fsp3) is 0.200. The number of furan rings is 1. The molecule has 0 saturated heterocycles. The van der Waals surface area contributed by atoms with Crippen molar-refractivity contribution in [2.45, 2.75) is 137 Å². The highest BCUT2D eigenvalue weighted by Gasteiger charge is 2.45. The third-order valence-corrected chi connectivity index (χ3v) is 24.3. The monoisotopic (exact) mass is 1430 g/mol. The second-order valence-corrected chi connectivity index (χ2v) is 36.8. The molecular formula is C105H94N2OS. The normalized spacial score (nSPS) is 13.9. The molecule has 1 atom stereocenters. The number of fused-ring (bicyclic) bond motifs is 10. The van der Waals surface area contributed by atoms with Gasteiger partial charge in [-0.05, 0) is 182 Å². The Balaban J connectivity index is 1.06. The van der Waals surface area contributed by atoms with Gasteiger partial charge in [-0.1, -0.05) is 334 Å². The van der Waals surface area contributed by atoms with E-state index in [1.54, 1.807) is 0 Å². The van der Waals surface area contributed by atoms with E-state index < -0.39 is 0 Å². The van der Waals surface area contributed by atoms with Crippen molar-refractivity contribution in [3.63, 3.8) is 0 Å². The molecule has 0 amide bonds. The van der Waals surface area contributed by atoms with Crippen molar-refractivity contribution in [2.75, 3.05) is 9.80 Å². The number of benzene rings is 14. The lowest BCUT2D eigenvalue weighted by Crippen LogP contribution is -2.31. The highest BCUT2D eigenvalue weighted by atomic mass is 32.1. The number of rotatable bonds is 9. The minimum absolute atomic E-state index is 0.109. The number of hydrogen-bond donors (Lipinski definition) is 0. The molecule has 0 spiro atoms. The zero-order chi connectivity index (χ0) is 75.4. The number of hydrogen-bond acceptors (Lipinski definition) is 4. The Labute approximate surface area is 647 Å². The summed E-state index contributed by atoms with van der Waals surface area (Å²) in [6.07, 6.45) is 0. The van der Waals surface area contributed by atoms with Gasteiger partial charge in [0.1, 0.15) is 11.2 Å². The molecule has 14 aromatic carbocycles. The van der Waals surface area contributed by atoms with E-state index in [2.05, 4.69) is 405 Å². The van der Waals surface area contributed by atoms with Gasteiger partial charge in [0.25, 0.3) is 0 Å². The van der Waals surface area contributed by atoms with Crippen LogP contribution in [0.25, 0.3) is 120 Å². The second kappa shape index (κ2) is 25.7. The molecule has 536 valence electrons. The maximum Gasteiger partial charge on any atom is 0.136 e. The zero-order valence-electron chi connectivity index (χ0n) is 65.5. The highest BCUT2D eigenvalue weighted by molar-refractivity contribution is 7.26. The van der Waals surface area contributed by atoms with Gasteiger partial charge >= 0.3 is 0 Å². The molecule has 109 heavy (non-hydrogen) atoms. The van der Waals surface area contributed by atoms with E-state index in [4.69, 9.17) is 4.42 Å². The molecule has 0 radical (unpaired) electrons. The average Bonchev–Trinajstić information content (AvgIpc) is 1.30. The molecule has 1 unspecified atom stereocenters. The molecule has 0 bridgehead atoms. The van der Waals surface area contributed by atoms with Crippen LogP contribution >= 0.6 is 11.3 Å². The van der Waals surface area contributed by atoms with Crippen molar-refractivity contribution in [3.8, 4) is 77.9 Å². The van der Waals surface area contributed by atoms with Crippen LogP contribution in [-0.4, -0.2) is 0 Å². The van der Waals surface area contributed by atoms with Crippen molar-refractivity contribution in [2.24, 2.45) is 0 Å². The molecule has 18 rings (SSSR count). The van der Waals surface area contributed by atoms with Gasteiger partial charge in [0, 0.05) is 64.7 Å². The lowest BCUT2D eigenvalue weighted by Gasteiger charge is -2.47. The topological polar surface area (TPSA) is 19.6 Å². The van der Waals surface area contributed by atoms with E-state index in [9.17, 15) is 0 Å². The van der Waals surface area contributed by atoms with Crippen molar-refractivity contribution in [1.29, 1.82) is 0 Å². The smallest absolute Gasteiger partial charge is 0.136 e. The predicted octanol–water partition coefficient (Wildman–Crippen LogP) is 30.9. The summed E-state index contributed by atoms with van der Waals surface area (Å²) >= 11 is 1.89. The fourth-order valence-electron chi connectivity index (χ4n) is 17.1. The van der Waals surface area contributed by atoms with Gasteiger partial charge in [0.2, 0.25) is 0 Å². The largest absolute Gasteiger partial charge is 0.456 e. The van der Waals surface area contributed by atoms with Crippen LogP contribution in [0.3, 0.4) is 0 Å². The summed E-state index contributed by atoms with van der Waals surface area (Å²) in [6, 6.07) is 112. The first-order valence-electron chi connectivity index (χ1n) is 38.9. The summed E-state index contributed by atoms with van der Waals surface area (Å²) < 4.78 is 9.87. The van der Waals surface area contributed by atoms with E-state index in [1.807, 2.05) is 11.3 Å². The molecule has 3 nitrogen and oxygen atoms in total. The van der Waals surface area contributed by atoms with Crippen LogP contribution in [0.5, 0.6) is 0 Å². The third-order valence-electron chi connectivity index (χ3n) is 23.2. The maximum absolute atomic E-state index is 7.35. The Bertz CT molecular complexity index is 6220. The summed E-state index contributed by atoms with van der Waals surface area (Å²) in [4.78, 5) is 5.51. The highest BCUT2D eigenvalue weighted by Crippen LogP contribution is 2.66. The molecule has 0 fully saturated rings. The summed E-state index contributed by atoms with van der Waals surface area (Å²) in [6.45, 7) is 35.5. The van der Waals surface area contributed by atoms with Gasteiger partial charge in [-0.3, -0.25) is 0 Å². The van der Waals surface area contributed by atoms with Crippen LogP contribution in [0.4, 0.5) is 34.1 Å². The van der Waals surface area contributed by atoms with Gasteiger partial charge in [0.05, 0.1) is 34.1 Å². The molecular weight excluding hydrogens is 1340 g/mol. The van der Waals surface area contributed by atoms with Crippen molar-refractivity contribution in [1.82, 2.24) is 0 Å². The van der Waals surface area contributed by atoms with Crippen LogP contribution in [0.1, 0.15) is 154 Å². The van der Waals surface area contributed by atoms with Gasteiger partial charge in [-0.15, -0.1) is 11.3 Å². The first-order valence-corrected chi connectivity index (χ1v) is 39.7. The van der Waals surface area contributed by atoms with Crippen LogP contribution in [-0.2, 0) is 27.1 Å².